The van der Waals surface area contributed by atoms with Crippen molar-refractivity contribution in [3.05, 3.63) is 35.9 Å². The lowest BCUT2D eigenvalue weighted by atomic mass is 10.0. The molecule has 0 spiro atoms. The van der Waals surface area contributed by atoms with Gasteiger partial charge in [0.15, 0.2) is 0 Å². The third-order valence-electron chi connectivity index (χ3n) is 4.96. The van der Waals surface area contributed by atoms with Gasteiger partial charge in [0.2, 0.25) is 0 Å². The van der Waals surface area contributed by atoms with Gasteiger partial charge in [0.25, 0.3) is 0 Å². The van der Waals surface area contributed by atoms with Crippen LogP contribution in [0.4, 0.5) is 0 Å². The van der Waals surface area contributed by atoms with E-state index in [0.717, 1.165) is 12.1 Å². The molecule has 2 N–H and O–H groups in total. The zero-order valence-corrected chi connectivity index (χ0v) is 12.8. The molecule has 1 aliphatic rings. The van der Waals surface area contributed by atoms with E-state index in [-0.39, 0.29) is 0 Å². The number of piperidine rings is 1. The molecule has 0 bridgehead atoms. The van der Waals surface area contributed by atoms with Crippen LogP contribution in [0.25, 0.3) is 0 Å². The number of rotatable bonds is 5. The average molecular weight is 262 g/mol. The van der Waals surface area contributed by atoms with Crippen LogP contribution >= 0.6 is 0 Å². The minimum absolute atomic E-state index is 0.843. The van der Waals surface area contributed by atoms with Crippen molar-refractivity contribution in [3.63, 3.8) is 0 Å². The summed E-state index contributed by atoms with van der Waals surface area (Å²) in [5.41, 5.74) is 1.47. The summed E-state index contributed by atoms with van der Waals surface area (Å²) in [4.78, 5) is 3.51. The standard InChI is InChI=1S/C17H28N2/c1-4-15(2)19-12-10-17(11-13-19)18(3)14-16-8-6-5-7-9-16/h5-9,15,17H,4,10-14H2,1-3H3/p+2/t15-/m0/s1. The van der Waals surface area contributed by atoms with E-state index < -0.39 is 0 Å². The molecule has 1 unspecified atom stereocenters. The van der Waals surface area contributed by atoms with Gasteiger partial charge in [0, 0.05) is 18.4 Å². The largest absolute Gasteiger partial charge is 0.332 e. The Morgan fingerprint density at radius 2 is 1.84 bits per heavy atom. The van der Waals surface area contributed by atoms with Crippen molar-refractivity contribution >= 4 is 0 Å². The van der Waals surface area contributed by atoms with Gasteiger partial charge in [-0.2, -0.15) is 0 Å². The van der Waals surface area contributed by atoms with E-state index in [9.17, 15) is 0 Å². The highest BCUT2D eigenvalue weighted by Crippen LogP contribution is 2.00. The van der Waals surface area contributed by atoms with Crippen LogP contribution in [-0.4, -0.2) is 32.2 Å². The zero-order valence-electron chi connectivity index (χ0n) is 12.8. The Labute approximate surface area is 118 Å². The highest BCUT2D eigenvalue weighted by molar-refractivity contribution is 5.13. The molecule has 2 atom stereocenters. The maximum atomic E-state index is 2.40. The first-order chi connectivity index (χ1) is 9.20. The molecule has 106 valence electrons. The third kappa shape index (κ3) is 4.05. The molecule has 2 heteroatoms. The summed E-state index contributed by atoms with van der Waals surface area (Å²) in [5.74, 6) is 0. The van der Waals surface area contributed by atoms with Crippen molar-refractivity contribution < 1.29 is 9.80 Å². The fraction of sp³-hybridized carbons (Fsp3) is 0.647. The fourth-order valence-corrected chi connectivity index (χ4v) is 3.33. The van der Waals surface area contributed by atoms with Crippen LogP contribution in [0, 0.1) is 0 Å². The normalized spacial score (nSPS) is 26.9. The maximum absolute atomic E-state index is 2.40. The van der Waals surface area contributed by atoms with Gasteiger partial charge in [0.1, 0.15) is 6.54 Å². The molecule has 1 aromatic carbocycles. The fourth-order valence-electron chi connectivity index (χ4n) is 3.33. The van der Waals surface area contributed by atoms with E-state index in [2.05, 4.69) is 51.2 Å². The van der Waals surface area contributed by atoms with Gasteiger partial charge < -0.3 is 9.80 Å². The predicted molar refractivity (Wildman–Crippen MR) is 80.5 cm³/mol. The molecule has 2 nitrogen and oxygen atoms in total. The molecule has 0 aromatic heterocycles. The van der Waals surface area contributed by atoms with Crippen LogP contribution in [0.3, 0.4) is 0 Å². The summed E-state index contributed by atoms with van der Waals surface area (Å²) in [6, 6.07) is 12.6. The van der Waals surface area contributed by atoms with Crippen LogP contribution in [-0.2, 0) is 6.54 Å². The van der Waals surface area contributed by atoms with E-state index >= 15 is 0 Å². The molecule has 0 amide bonds. The topological polar surface area (TPSA) is 8.88 Å². The van der Waals surface area contributed by atoms with Crippen LogP contribution < -0.4 is 9.80 Å². The smallest absolute Gasteiger partial charge is 0.103 e. The second kappa shape index (κ2) is 7.06. The van der Waals surface area contributed by atoms with Gasteiger partial charge in [-0.3, -0.25) is 0 Å². The van der Waals surface area contributed by atoms with E-state index in [4.69, 9.17) is 0 Å². The quantitative estimate of drug-likeness (QED) is 0.767. The Balaban J connectivity index is 1.81. The minimum Gasteiger partial charge on any atom is -0.332 e. The number of hydrogen-bond acceptors (Lipinski definition) is 0. The van der Waals surface area contributed by atoms with Crippen molar-refractivity contribution in [1.82, 2.24) is 0 Å². The lowest BCUT2D eigenvalue weighted by Gasteiger charge is -2.35. The van der Waals surface area contributed by atoms with Gasteiger partial charge in [-0.15, -0.1) is 0 Å². The number of benzene rings is 1. The lowest BCUT2D eigenvalue weighted by molar-refractivity contribution is -0.965. The SMILES string of the molecule is CC[C@H](C)[NH+]1CCC([NH+](C)Cc2ccccc2)CC1. The average Bonchev–Trinajstić information content (AvgIpc) is 2.47. The molecule has 1 aliphatic heterocycles. The molecule has 19 heavy (non-hydrogen) atoms. The van der Waals surface area contributed by atoms with Gasteiger partial charge in [-0.1, -0.05) is 37.3 Å². The summed E-state index contributed by atoms with van der Waals surface area (Å²) in [7, 11) is 2.37. The van der Waals surface area contributed by atoms with Crippen LogP contribution in [0.1, 0.15) is 38.7 Å². The monoisotopic (exact) mass is 262 g/mol. The van der Waals surface area contributed by atoms with E-state index in [1.165, 1.54) is 44.5 Å². The van der Waals surface area contributed by atoms with E-state index in [1.54, 1.807) is 4.90 Å². The summed E-state index contributed by atoms with van der Waals surface area (Å²) < 4.78 is 0. The Kier molecular flexibility index (Phi) is 5.41. The van der Waals surface area contributed by atoms with E-state index in [1.807, 2.05) is 4.90 Å². The molecule has 2 rings (SSSR count). The molecule has 1 aromatic rings. The number of hydrogen-bond donors (Lipinski definition) is 2. The molecule has 1 fully saturated rings. The zero-order chi connectivity index (χ0) is 13.7. The second-order valence-corrected chi connectivity index (χ2v) is 6.25. The number of likely N-dealkylation sites (tertiary alicyclic amines) is 1. The first kappa shape index (κ1) is 14.5. The molecular formula is C17H30N2+2. The van der Waals surface area contributed by atoms with Gasteiger partial charge in [-0.05, 0) is 13.3 Å². The Hall–Kier alpha value is -0.860. The first-order valence-corrected chi connectivity index (χ1v) is 7.91. The van der Waals surface area contributed by atoms with Crippen LogP contribution in [0.15, 0.2) is 30.3 Å². The van der Waals surface area contributed by atoms with Gasteiger partial charge in [0.05, 0.1) is 32.2 Å². The summed E-state index contributed by atoms with van der Waals surface area (Å²) in [5, 5.41) is 0. The lowest BCUT2D eigenvalue weighted by Crippen LogP contribution is -3.20. The summed E-state index contributed by atoms with van der Waals surface area (Å²) >= 11 is 0. The second-order valence-electron chi connectivity index (χ2n) is 6.25. The van der Waals surface area contributed by atoms with Crippen LogP contribution in [0.5, 0.6) is 0 Å². The van der Waals surface area contributed by atoms with Crippen molar-refractivity contribution in [1.29, 1.82) is 0 Å². The van der Waals surface area contributed by atoms with Crippen molar-refractivity contribution in [2.24, 2.45) is 0 Å². The summed E-state index contributed by atoms with van der Waals surface area (Å²) in [6.45, 7) is 8.62. The Morgan fingerprint density at radius 1 is 1.21 bits per heavy atom. The summed E-state index contributed by atoms with van der Waals surface area (Å²) in [6.07, 6.45) is 4.09. The Morgan fingerprint density at radius 3 is 2.42 bits per heavy atom. The van der Waals surface area contributed by atoms with Crippen molar-refractivity contribution in [3.8, 4) is 0 Å². The van der Waals surface area contributed by atoms with E-state index in [0.29, 0.717) is 0 Å². The molecule has 0 saturated carbocycles. The van der Waals surface area contributed by atoms with Crippen molar-refractivity contribution in [2.45, 2.75) is 51.7 Å². The molecular weight excluding hydrogens is 232 g/mol. The Bertz CT molecular complexity index is 355. The van der Waals surface area contributed by atoms with Gasteiger partial charge in [-0.25, -0.2) is 0 Å². The first-order valence-electron chi connectivity index (χ1n) is 7.91. The minimum atomic E-state index is 0.843. The molecule has 1 heterocycles. The number of quaternary nitrogens is 2. The molecule has 1 saturated heterocycles. The maximum Gasteiger partial charge on any atom is 0.103 e. The highest BCUT2D eigenvalue weighted by atomic mass is 15.2. The van der Waals surface area contributed by atoms with Crippen LogP contribution in [0.2, 0.25) is 0 Å². The number of nitrogens with one attached hydrogen (secondary N) is 2. The molecule has 0 radical (unpaired) electrons. The highest BCUT2D eigenvalue weighted by Gasteiger charge is 2.29. The third-order valence-corrected chi connectivity index (χ3v) is 4.96. The molecule has 0 aliphatic carbocycles. The predicted octanol–water partition coefficient (Wildman–Crippen LogP) is 0.547. The van der Waals surface area contributed by atoms with Gasteiger partial charge >= 0.3 is 0 Å². The van der Waals surface area contributed by atoms with Crippen molar-refractivity contribution in [2.75, 3.05) is 20.1 Å².